The van der Waals surface area contributed by atoms with Crippen LogP contribution in [-0.4, -0.2) is 49.2 Å². The SMILES string of the molecule is COc1ccc(-c2nc(NC(=O)c3ccccc3)sc2CN2CCOCC2)cc1. The second-order valence-electron chi connectivity index (χ2n) is 6.73. The first kappa shape index (κ1) is 19.6. The number of morpholine rings is 1. The van der Waals surface area contributed by atoms with E-state index >= 15 is 0 Å². The van der Waals surface area contributed by atoms with E-state index in [9.17, 15) is 4.79 Å². The maximum atomic E-state index is 12.6. The molecule has 2 aromatic carbocycles. The van der Waals surface area contributed by atoms with Crippen molar-refractivity contribution in [2.24, 2.45) is 0 Å². The van der Waals surface area contributed by atoms with E-state index < -0.39 is 0 Å². The summed E-state index contributed by atoms with van der Waals surface area (Å²) < 4.78 is 10.7. The molecule has 0 spiro atoms. The lowest BCUT2D eigenvalue weighted by Gasteiger charge is -2.26. The molecule has 0 atom stereocenters. The number of thiazole rings is 1. The monoisotopic (exact) mass is 409 g/mol. The Balaban J connectivity index is 1.61. The standard InChI is InChI=1S/C22H23N3O3S/c1-27-18-9-7-16(8-10-18)20-19(15-25-11-13-28-14-12-25)29-22(23-20)24-21(26)17-5-3-2-4-6-17/h2-10H,11-15H2,1H3,(H,23,24,26). The number of hydrogen-bond donors (Lipinski definition) is 1. The maximum absolute atomic E-state index is 12.6. The third-order valence-electron chi connectivity index (χ3n) is 4.79. The molecule has 1 aliphatic rings. The van der Waals surface area contributed by atoms with Gasteiger partial charge in [0.2, 0.25) is 0 Å². The summed E-state index contributed by atoms with van der Waals surface area (Å²) in [6, 6.07) is 17.0. The van der Waals surface area contributed by atoms with Crippen molar-refractivity contribution in [1.29, 1.82) is 0 Å². The third kappa shape index (κ3) is 4.82. The molecule has 0 radical (unpaired) electrons. The van der Waals surface area contributed by atoms with Gasteiger partial charge in [-0.2, -0.15) is 0 Å². The van der Waals surface area contributed by atoms with Crippen molar-refractivity contribution in [3.8, 4) is 17.0 Å². The molecule has 3 aromatic rings. The number of carbonyl (C=O) groups is 1. The minimum absolute atomic E-state index is 0.154. The van der Waals surface area contributed by atoms with Crippen molar-refractivity contribution in [2.45, 2.75) is 6.54 Å². The van der Waals surface area contributed by atoms with Gasteiger partial charge in [0.1, 0.15) is 5.75 Å². The molecule has 1 fully saturated rings. The number of benzene rings is 2. The van der Waals surface area contributed by atoms with Crippen molar-refractivity contribution < 1.29 is 14.3 Å². The van der Waals surface area contributed by atoms with E-state index in [1.807, 2.05) is 42.5 Å². The summed E-state index contributed by atoms with van der Waals surface area (Å²) in [5.74, 6) is 0.648. The molecule has 0 bridgehead atoms. The number of nitrogens with zero attached hydrogens (tertiary/aromatic N) is 2. The Morgan fingerprint density at radius 1 is 1.14 bits per heavy atom. The van der Waals surface area contributed by atoms with Gasteiger partial charge in [0.05, 0.1) is 26.0 Å². The Hall–Kier alpha value is -2.74. The van der Waals surface area contributed by atoms with Crippen LogP contribution in [0.25, 0.3) is 11.3 Å². The lowest BCUT2D eigenvalue weighted by Crippen LogP contribution is -2.35. The number of anilines is 1. The first-order valence-corrected chi connectivity index (χ1v) is 10.4. The van der Waals surface area contributed by atoms with E-state index in [4.69, 9.17) is 14.5 Å². The fourth-order valence-corrected chi connectivity index (χ4v) is 4.23. The Kier molecular flexibility index (Phi) is 6.19. The average molecular weight is 410 g/mol. The first-order chi connectivity index (χ1) is 14.2. The summed E-state index contributed by atoms with van der Waals surface area (Å²) in [5.41, 5.74) is 2.52. The summed E-state index contributed by atoms with van der Waals surface area (Å²) in [5, 5.41) is 3.55. The molecular formula is C22H23N3O3S. The fourth-order valence-electron chi connectivity index (χ4n) is 3.21. The van der Waals surface area contributed by atoms with Gasteiger partial charge < -0.3 is 9.47 Å². The molecule has 7 heteroatoms. The molecule has 29 heavy (non-hydrogen) atoms. The zero-order chi connectivity index (χ0) is 20.1. The van der Waals surface area contributed by atoms with Gasteiger partial charge in [-0.05, 0) is 36.4 Å². The van der Waals surface area contributed by atoms with Gasteiger partial charge in [-0.1, -0.05) is 29.5 Å². The van der Waals surface area contributed by atoms with Gasteiger partial charge >= 0.3 is 0 Å². The Morgan fingerprint density at radius 2 is 1.86 bits per heavy atom. The number of hydrogen-bond acceptors (Lipinski definition) is 6. The van der Waals surface area contributed by atoms with Crippen molar-refractivity contribution in [2.75, 3.05) is 38.7 Å². The third-order valence-corrected chi connectivity index (χ3v) is 5.74. The van der Waals surface area contributed by atoms with Gasteiger partial charge in [0, 0.05) is 35.6 Å². The molecule has 1 amide bonds. The molecule has 2 heterocycles. The molecule has 0 aliphatic carbocycles. The molecule has 6 nitrogen and oxygen atoms in total. The predicted octanol–water partition coefficient (Wildman–Crippen LogP) is 3.90. The van der Waals surface area contributed by atoms with Crippen LogP contribution in [-0.2, 0) is 11.3 Å². The number of methoxy groups -OCH3 is 1. The highest BCUT2D eigenvalue weighted by Gasteiger charge is 2.19. The van der Waals surface area contributed by atoms with E-state index in [0.717, 1.165) is 54.7 Å². The topological polar surface area (TPSA) is 63.7 Å². The number of rotatable bonds is 6. The van der Waals surface area contributed by atoms with Crippen LogP contribution in [0.15, 0.2) is 54.6 Å². The maximum Gasteiger partial charge on any atom is 0.257 e. The minimum Gasteiger partial charge on any atom is -0.497 e. The lowest BCUT2D eigenvalue weighted by molar-refractivity contribution is 0.0347. The van der Waals surface area contributed by atoms with Gasteiger partial charge in [-0.15, -0.1) is 0 Å². The molecule has 0 unspecified atom stereocenters. The van der Waals surface area contributed by atoms with Crippen LogP contribution in [0.2, 0.25) is 0 Å². The van der Waals surface area contributed by atoms with Crippen LogP contribution in [0.1, 0.15) is 15.2 Å². The van der Waals surface area contributed by atoms with Crippen LogP contribution in [0.3, 0.4) is 0 Å². The fraction of sp³-hybridized carbons (Fsp3) is 0.273. The smallest absolute Gasteiger partial charge is 0.257 e. The lowest BCUT2D eigenvalue weighted by atomic mass is 10.1. The van der Waals surface area contributed by atoms with Crippen LogP contribution in [0, 0.1) is 0 Å². The molecular weight excluding hydrogens is 386 g/mol. The summed E-state index contributed by atoms with van der Waals surface area (Å²) in [6.07, 6.45) is 0. The summed E-state index contributed by atoms with van der Waals surface area (Å²) in [7, 11) is 1.65. The number of aromatic nitrogens is 1. The van der Waals surface area contributed by atoms with Gasteiger partial charge in [0.15, 0.2) is 5.13 Å². The number of amides is 1. The largest absolute Gasteiger partial charge is 0.497 e. The van der Waals surface area contributed by atoms with Crippen molar-refractivity contribution in [3.63, 3.8) is 0 Å². The van der Waals surface area contributed by atoms with Crippen LogP contribution >= 0.6 is 11.3 Å². The molecule has 1 N–H and O–H groups in total. The normalized spacial score (nSPS) is 14.5. The number of carbonyl (C=O) groups excluding carboxylic acids is 1. The van der Waals surface area contributed by atoms with E-state index in [1.54, 1.807) is 19.2 Å². The van der Waals surface area contributed by atoms with Crippen LogP contribution < -0.4 is 10.1 Å². The van der Waals surface area contributed by atoms with Crippen molar-refractivity contribution >= 4 is 22.4 Å². The summed E-state index contributed by atoms with van der Waals surface area (Å²) >= 11 is 1.52. The van der Waals surface area contributed by atoms with Crippen LogP contribution in [0.4, 0.5) is 5.13 Å². The highest BCUT2D eigenvalue weighted by Crippen LogP contribution is 2.33. The van der Waals surface area contributed by atoms with Crippen molar-refractivity contribution in [1.82, 2.24) is 9.88 Å². The molecule has 4 rings (SSSR count). The second kappa shape index (κ2) is 9.17. The van der Waals surface area contributed by atoms with Crippen molar-refractivity contribution in [3.05, 3.63) is 65.0 Å². The summed E-state index contributed by atoms with van der Waals surface area (Å²) in [4.78, 5) is 20.8. The van der Waals surface area contributed by atoms with Gasteiger partial charge in [-0.3, -0.25) is 15.0 Å². The number of nitrogens with one attached hydrogen (secondary N) is 1. The van der Waals surface area contributed by atoms with Gasteiger partial charge in [-0.25, -0.2) is 4.98 Å². The molecule has 1 aliphatic heterocycles. The number of ether oxygens (including phenoxy) is 2. The molecule has 1 aromatic heterocycles. The quantitative estimate of drug-likeness (QED) is 0.669. The van der Waals surface area contributed by atoms with Gasteiger partial charge in [0.25, 0.3) is 5.91 Å². The zero-order valence-corrected chi connectivity index (χ0v) is 17.1. The van der Waals surface area contributed by atoms with E-state index in [2.05, 4.69) is 10.2 Å². The highest BCUT2D eigenvalue weighted by atomic mass is 32.1. The van der Waals surface area contributed by atoms with E-state index in [0.29, 0.717) is 10.7 Å². The van der Waals surface area contributed by atoms with E-state index in [-0.39, 0.29) is 5.91 Å². The highest BCUT2D eigenvalue weighted by molar-refractivity contribution is 7.16. The molecule has 0 saturated carbocycles. The Labute approximate surface area is 174 Å². The Morgan fingerprint density at radius 3 is 2.55 bits per heavy atom. The first-order valence-electron chi connectivity index (χ1n) is 9.53. The average Bonchev–Trinajstić information content (AvgIpc) is 3.17. The van der Waals surface area contributed by atoms with Crippen LogP contribution in [0.5, 0.6) is 5.75 Å². The minimum atomic E-state index is -0.154. The van der Waals surface area contributed by atoms with E-state index in [1.165, 1.54) is 11.3 Å². The molecule has 150 valence electrons. The predicted molar refractivity (Wildman–Crippen MR) is 115 cm³/mol. The Bertz CT molecular complexity index is 951. The molecule has 1 saturated heterocycles. The summed E-state index contributed by atoms with van der Waals surface area (Å²) in [6.45, 7) is 4.06. The zero-order valence-electron chi connectivity index (χ0n) is 16.3. The second-order valence-corrected chi connectivity index (χ2v) is 7.81.